The normalized spacial score (nSPS) is 11.6. The van der Waals surface area contributed by atoms with Gasteiger partial charge in [0.15, 0.2) is 0 Å². The fourth-order valence-corrected chi connectivity index (χ4v) is 5.89. The van der Waals surface area contributed by atoms with Gasteiger partial charge in [-0.2, -0.15) is 0 Å². The van der Waals surface area contributed by atoms with Crippen LogP contribution in [0.4, 0.5) is 11.4 Å². The number of anilines is 2. The Morgan fingerprint density at radius 3 is 2.41 bits per heavy atom. The lowest BCUT2D eigenvalue weighted by Crippen LogP contribution is -2.30. The number of nitrogen functional groups attached to an aromatic ring is 1. The van der Waals surface area contributed by atoms with Crippen molar-refractivity contribution in [2.75, 3.05) is 11.1 Å². The zero-order chi connectivity index (χ0) is 24.5. The molecule has 0 radical (unpaired) electrons. The molecule has 0 bridgehead atoms. The minimum atomic E-state index is -3.62. The van der Waals surface area contributed by atoms with Crippen molar-refractivity contribution in [2.45, 2.75) is 24.8 Å². The maximum atomic E-state index is 13.0. The number of carbonyl (C=O) groups is 1. The third-order valence-corrected chi connectivity index (χ3v) is 7.96. The number of carbonyl (C=O) groups excluding carboxylic acids is 1. The molecule has 5 N–H and O–H groups in total. The first-order valence-electron chi connectivity index (χ1n) is 10.5. The summed E-state index contributed by atoms with van der Waals surface area (Å²) in [5, 5.41) is 11.6. The number of hydrogen-bond acceptors (Lipinski definition) is 6. The summed E-state index contributed by atoms with van der Waals surface area (Å²) >= 11 is 1.57. The molecule has 9 heteroatoms. The summed E-state index contributed by atoms with van der Waals surface area (Å²) in [6.45, 7) is 3.49. The number of nitrogens with two attached hydrogens (primary N) is 1. The number of hydrogen-bond donors (Lipinski definition) is 4. The Balaban J connectivity index is 1.63. The molecule has 4 rings (SSSR count). The molecule has 1 amide bonds. The minimum absolute atomic E-state index is 0.116. The van der Waals surface area contributed by atoms with E-state index in [1.165, 1.54) is 24.3 Å². The zero-order valence-electron chi connectivity index (χ0n) is 18.6. The summed E-state index contributed by atoms with van der Waals surface area (Å²) in [5.41, 5.74) is 8.69. The van der Waals surface area contributed by atoms with Crippen LogP contribution in [0.2, 0.25) is 0 Å². The molecule has 0 atom stereocenters. The summed E-state index contributed by atoms with van der Waals surface area (Å²) < 4.78 is 28.2. The second kappa shape index (κ2) is 9.38. The van der Waals surface area contributed by atoms with Gasteiger partial charge >= 0.3 is 0 Å². The van der Waals surface area contributed by atoms with Crippen molar-refractivity contribution in [3.8, 4) is 10.4 Å². The van der Waals surface area contributed by atoms with E-state index in [0.29, 0.717) is 28.1 Å². The van der Waals surface area contributed by atoms with Crippen LogP contribution in [0, 0.1) is 5.41 Å². The van der Waals surface area contributed by atoms with E-state index < -0.39 is 10.0 Å². The maximum absolute atomic E-state index is 13.0. The molecule has 174 valence electrons. The Morgan fingerprint density at radius 1 is 1.06 bits per heavy atom. The van der Waals surface area contributed by atoms with Crippen molar-refractivity contribution in [1.82, 2.24) is 4.72 Å². The predicted molar refractivity (Wildman–Crippen MR) is 139 cm³/mol. The van der Waals surface area contributed by atoms with E-state index in [-0.39, 0.29) is 16.8 Å². The van der Waals surface area contributed by atoms with Crippen LogP contribution in [-0.2, 0) is 10.0 Å². The second-order valence-corrected chi connectivity index (χ2v) is 10.9. The van der Waals surface area contributed by atoms with Crippen molar-refractivity contribution in [1.29, 1.82) is 5.41 Å². The van der Waals surface area contributed by atoms with Crippen molar-refractivity contribution < 1.29 is 13.2 Å². The highest BCUT2D eigenvalue weighted by Crippen LogP contribution is 2.38. The van der Waals surface area contributed by atoms with E-state index in [1.54, 1.807) is 37.3 Å². The lowest BCUT2D eigenvalue weighted by molar-refractivity contribution is 0.102. The fraction of sp³-hybridized carbons (Fsp3) is 0.120. The molecule has 0 saturated carbocycles. The highest BCUT2D eigenvalue weighted by atomic mass is 32.2. The molecule has 1 heterocycles. The zero-order valence-corrected chi connectivity index (χ0v) is 20.3. The van der Waals surface area contributed by atoms with Crippen molar-refractivity contribution in [3.05, 3.63) is 77.9 Å². The predicted octanol–water partition coefficient (Wildman–Crippen LogP) is 5.09. The van der Waals surface area contributed by atoms with Crippen molar-refractivity contribution >= 4 is 54.9 Å². The summed E-state index contributed by atoms with van der Waals surface area (Å²) in [5.74, 6) is -0.388. The quantitative estimate of drug-likeness (QED) is 0.212. The summed E-state index contributed by atoms with van der Waals surface area (Å²) in [6.07, 6.45) is 1.13. The average Bonchev–Trinajstić information content (AvgIpc) is 3.22. The van der Waals surface area contributed by atoms with Gasteiger partial charge in [0.1, 0.15) is 0 Å². The maximum Gasteiger partial charge on any atom is 0.255 e. The van der Waals surface area contributed by atoms with E-state index in [4.69, 9.17) is 11.1 Å². The topological polar surface area (TPSA) is 125 Å². The van der Waals surface area contributed by atoms with Crippen molar-refractivity contribution in [3.63, 3.8) is 0 Å². The molecule has 7 nitrogen and oxygen atoms in total. The highest BCUT2D eigenvalue weighted by Gasteiger charge is 2.17. The van der Waals surface area contributed by atoms with E-state index in [1.807, 2.05) is 30.3 Å². The molecular weight excluding hydrogens is 468 g/mol. The van der Waals surface area contributed by atoms with E-state index >= 15 is 0 Å². The Kier molecular flexibility index (Phi) is 6.52. The Morgan fingerprint density at radius 2 is 1.76 bits per heavy atom. The first-order valence-corrected chi connectivity index (χ1v) is 12.8. The Labute approximate surface area is 202 Å². The van der Waals surface area contributed by atoms with Gasteiger partial charge in [0.25, 0.3) is 5.91 Å². The van der Waals surface area contributed by atoms with Crippen LogP contribution in [0.25, 0.3) is 20.5 Å². The van der Waals surface area contributed by atoms with E-state index in [0.717, 1.165) is 21.2 Å². The van der Waals surface area contributed by atoms with Crippen LogP contribution in [-0.4, -0.2) is 26.6 Å². The van der Waals surface area contributed by atoms with Crippen LogP contribution < -0.4 is 15.8 Å². The summed E-state index contributed by atoms with van der Waals surface area (Å²) in [7, 11) is -3.62. The van der Waals surface area contributed by atoms with E-state index in [9.17, 15) is 13.2 Å². The summed E-state index contributed by atoms with van der Waals surface area (Å²) in [4.78, 5) is 14.0. The number of amides is 1. The molecule has 0 spiro atoms. The van der Waals surface area contributed by atoms with Gasteiger partial charge in [-0.3, -0.25) is 4.79 Å². The lowest BCUT2D eigenvalue weighted by atomic mass is 10.0. The molecule has 0 aliphatic carbocycles. The van der Waals surface area contributed by atoms with Gasteiger partial charge < -0.3 is 16.5 Å². The molecule has 0 aliphatic heterocycles. The van der Waals surface area contributed by atoms with Gasteiger partial charge in [0.2, 0.25) is 10.0 Å². The van der Waals surface area contributed by atoms with Gasteiger partial charge in [-0.15, -0.1) is 11.3 Å². The minimum Gasteiger partial charge on any atom is -0.398 e. The second-order valence-electron chi connectivity index (χ2n) is 8.07. The monoisotopic (exact) mass is 492 g/mol. The first-order chi connectivity index (χ1) is 16.2. The number of benzene rings is 3. The van der Waals surface area contributed by atoms with Gasteiger partial charge in [-0.1, -0.05) is 18.2 Å². The van der Waals surface area contributed by atoms with Gasteiger partial charge in [0, 0.05) is 49.9 Å². The van der Waals surface area contributed by atoms with E-state index in [2.05, 4.69) is 10.0 Å². The smallest absolute Gasteiger partial charge is 0.255 e. The fourth-order valence-electron chi connectivity index (χ4n) is 3.54. The molecular formula is C25H24N4O3S2. The first kappa shape index (κ1) is 23.6. The SMILES string of the molecule is CC(C)NS(=O)(=O)c1ccc(NC(=O)c2cc(C=N)c(N)c(-c3cc4ccccc4s3)c2)cc1. The lowest BCUT2D eigenvalue weighted by Gasteiger charge is -2.12. The van der Waals surface area contributed by atoms with Crippen LogP contribution in [0.5, 0.6) is 0 Å². The molecule has 0 unspecified atom stereocenters. The Hall–Kier alpha value is -3.53. The molecule has 0 fully saturated rings. The molecule has 0 saturated heterocycles. The average molecular weight is 493 g/mol. The number of rotatable bonds is 7. The number of fused-ring (bicyclic) bond motifs is 1. The largest absolute Gasteiger partial charge is 0.398 e. The van der Waals surface area contributed by atoms with Crippen LogP contribution in [0.1, 0.15) is 29.8 Å². The highest BCUT2D eigenvalue weighted by molar-refractivity contribution is 7.89. The Bertz CT molecular complexity index is 1460. The molecule has 0 aliphatic rings. The number of sulfonamides is 1. The number of nitrogens with one attached hydrogen (secondary N) is 3. The standard InChI is InChI=1S/C25H24N4O3S2/c1-15(2)29-34(31,32)20-9-7-19(8-10-20)28-25(30)17-11-18(14-26)24(27)21(12-17)23-13-16-5-3-4-6-22(16)33-23/h3-15,26,29H,27H2,1-2H3,(H,28,30). The molecule has 1 aromatic heterocycles. The third-order valence-electron chi connectivity index (χ3n) is 5.13. The number of thiophene rings is 1. The van der Waals surface area contributed by atoms with Gasteiger partial charge in [-0.05, 0) is 67.8 Å². The summed E-state index contributed by atoms with van der Waals surface area (Å²) in [6, 6.07) is 19.0. The van der Waals surface area contributed by atoms with Gasteiger partial charge in [0.05, 0.1) is 4.90 Å². The van der Waals surface area contributed by atoms with Crippen LogP contribution in [0.15, 0.2) is 71.6 Å². The molecule has 4 aromatic rings. The molecule has 34 heavy (non-hydrogen) atoms. The van der Waals surface area contributed by atoms with Crippen molar-refractivity contribution in [2.24, 2.45) is 0 Å². The molecule has 3 aromatic carbocycles. The van der Waals surface area contributed by atoms with Crippen LogP contribution in [0.3, 0.4) is 0 Å². The third kappa shape index (κ3) is 4.86. The van der Waals surface area contributed by atoms with Crippen LogP contribution >= 0.6 is 11.3 Å². The van der Waals surface area contributed by atoms with Gasteiger partial charge in [-0.25, -0.2) is 13.1 Å².